The zero-order valence-electron chi connectivity index (χ0n) is 11.2. The van der Waals surface area contributed by atoms with E-state index in [1.807, 2.05) is 4.68 Å². The molecule has 1 aromatic heterocycles. The molecule has 0 radical (unpaired) electrons. The monoisotopic (exact) mass is 248 g/mol. The molecule has 100 valence electrons. The van der Waals surface area contributed by atoms with Gasteiger partial charge in [-0.1, -0.05) is 32.1 Å². The second-order valence-corrected chi connectivity index (χ2v) is 5.95. The van der Waals surface area contributed by atoms with Crippen LogP contribution in [0.4, 0.5) is 0 Å². The van der Waals surface area contributed by atoms with Gasteiger partial charge in [0.1, 0.15) is 0 Å². The number of rotatable bonds is 1. The molecule has 3 nitrogen and oxygen atoms in total. The van der Waals surface area contributed by atoms with Crippen LogP contribution in [0.2, 0.25) is 0 Å². The highest BCUT2D eigenvalue weighted by atomic mass is 16.1. The first kappa shape index (κ1) is 12.1. The Morgan fingerprint density at radius 2 is 1.56 bits per heavy atom. The highest BCUT2D eigenvalue weighted by molar-refractivity contribution is 5.19. The topological polar surface area (TPSA) is 37.8 Å². The van der Waals surface area contributed by atoms with E-state index in [1.165, 1.54) is 63.5 Å². The van der Waals surface area contributed by atoms with Crippen molar-refractivity contribution in [2.24, 2.45) is 0 Å². The normalized spacial score (nSPS) is 22.2. The lowest BCUT2D eigenvalue weighted by molar-refractivity contribution is 0.392. The summed E-state index contributed by atoms with van der Waals surface area (Å²) in [5.74, 6) is 0. The fourth-order valence-corrected chi connectivity index (χ4v) is 3.56. The van der Waals surface area contributed by atoms with Crippen molar-refractivity contribution in [3.63, 3.8) is 0 Å². The quantitative estimate of drug-likeness (QED) is 0.600. The predicted molar refractivity (Wildman–Crippen MR) is 73.1 cm³/mol. The van der Waals surface area contributed by atoms with Crippen LogP contribution in [-0.4, -0.2) is 9.78 Å². The van der Waals surface area contributed by atoms with Crippen molar-refractivity contribution < 1.29 is 0 Å². The van der Waals surface area contributed by atoms with Crippen molar-refractivity contribution in [3.8, 4) is 0 Å². The Morgan fingerprint density at radius 1 is 0.889 bits per heavy atom. The lowest BCUT2D eigenvalue weighted by atomic mass is 10.1. The molecule has 0 unspecified atom stereocenters. The van der Waals surface area contributed by atoms with E-state index in [0.29, 0.717) is 11.6 Å². The highest BCUT2D eigenvalue weighted by Crippen LogP contribution is 2.26. The minimum absolute atomic E-state index is 0.291. The second-order valence-electron chi connectivity index (χ2n) is 5.95. The number of hydrogen-bond acceptors (Lipinski definition) is 1. The van der Waals surface area contributed by atoms with Gasteiger partial charge in [0.2, 0.25) is 0 Å². The number of fused-ring (bicyclic) bond motifs is 1. The Labute approximate surface area is 109 Å². The number of hydrogen-bond donors (Lipinski definition) is 1. The third-order valence-corrected chi connectivity index (χ3v) is 4.64. The summed E-state index contributed by atoms with van der Waals surface area (Å²) < 4.78 is 1.97. The molecule has 1 heterocycles. The summed E-state index contributed by atoms with van der Waals surface area (Å²) in [7, 11) is 0. The van der Waals surface area contributed by atoms with E-state index in [-0.39, 0.29) is 0 Å². The first-order chi connectivity index (χ1) is 8.86. The Balaban J connectivity index is 1.90. The van der Waals surface area contributed by atoms with Crippen LogP contribution in [0.5, 0.6) is 0 Å². The molecule has 1 fully saturated rings. The van der Waals surface area contributed by atoms with Crippen LogP contribution in [0, 0.1) is 0 Å². The van der Waals surface area contributed by atoms with E-state index in [0.717, 1.165) is 18.4 Å². The first-order valence-corrected chi connectivity index (χ1v) is 7.68. The molecule has 1 saturated carbocycles. The lowest BCUT2D eigenvalue weighted by Crippen LogP contribution is -2.24. The summed E-state index contributed by atoms with van der Waals surface area (Å²) in [4.78, 5) is 12.5. The molecule has 1 aromatic rings. The summed E-state index contributed by atoms with van der Waals surface area (Å²) in [6.07, 6.45) is 13.3. The molecule has 0 amide bonds. The molecule has 3 heteroatoms. The van der Waals surface area contributed by atoms with Gasteiger partial charge < -0.3 is 0 Å². The number of nitrogens with zero attached hydrogens (tertiary/aromatic N) is 1. The standard InChI is InChI=1S/C15H24N2O/c18-15-13-10-6-3-7-11-14(13)16-17(15)12-8-4-1-2-5-9-12/h12,16H,1-11H2. The second kappa shape index (κ2) is 5.33. The smallest absolute Gasteiger partial charge is 0.270 e. The molecule has 2 aliphatic rings. The van der Waals surface area contributed by atoms with Gasteiger partial charge in [-0.2, -0.15) is 0 Å². The number of nitrogens with one attached hydrogen (secondary N) is 1. The maximum atomic E-state index is 12.5. The van der Waals surface area contributed by atoms with Gasteiger partial charge >= 0.3 is 0 Å². The summed E-state index contributed by atoms with van der Waals surface area (Å²) in [5.41, 5.74) is 2.62. The number of aryl methyl sites for hydroxylation is 1. The minimum Gasteiger partial charge on any atom is -0.299 e. The molecule has 1 N–H and O–H groups in total. The highest BCUT2D eigenvalue weighted by Gasteiger charge is 2.21. The summed E-state index contributed by atoms with van der Waals surface area (Å²) >= 11 is 0. The molecule has 0 bridgehead atoms. The Bertz CT molecular complexity index is 450. The van der Waals surface area contributed by atoms with Crippen molar-refractivity contribution in [1.29, 1.82) is 0 Å². The maximum absolute atomic E-state index is 12.5. The zero-order valence-corrected chi connectivity index (χ0v) is 11.2. The molecule has 0 aromatic carbocycles. The largest absolute Gasteiger partial charge is 0.299 e. The Kier molecular flexibility index (Phi) is 3.57. The van der Waals surface area contributed by atoms with Gasteiger partial charge in [-0.05, 0) is 38.5 Å². The van der Waals surface area contributed by atoms with E-state index in [9.17, 15) is 4.79 Å². The molecule has 0 spiro atoms. The van der Waals surface area contributed by atoms with Crippen molar-refractivity contribution in [2.45, 2.75) is 76.7 Å². The third-order valence-electron chi connectivity index (χ3n) is 4.64. The lowest BCUT2D eigenvalue weighted by Gasteiger charge is -2.14. The van der Waals surface area contributed by atoms with Crippen LogP contribution in [0.25, 0.3) is 0 Å². The van der Waals surface area contributed by atoms with E-state index in [2.05, 4.69) is 5.10 Å². The van der Waals surface area contributed by atoms with Crippen LogP contribution in [0.1, 0.15) is 75.1 Å². The van der Waals surface area contributed by atoms with Crippen LogP contribution >= 0.6 is 0 Å². The van der Waals surface area contributed by atoms with Crippen molar-refractivity contribution >= 4 is 0 Å². The molecular weight excluding hydrogens is 224 g/mol. The number of aromatic amines is 1. The van der Waals surface area contributed by atoms with Gasteiger partial charge in [0.05, 0.1) is 6.04 Å². The summed E-state index contributed by atoms with van der Waals surface area (Å²) in [6.45, 7) is 0. The van der Waals surface area contributed by atoms with E-state index < -0.39 is 0 Å². The average Bonchev–Trinajstić information content (AvgIpc) is 2.66. The van der Waals surface area contributed by atoms with Gasteiger partial charge in [-0.15, -0.1) is 0 Å². The molecule has 0 atom stereocenters. The fourth-order valence-electron chi connectivity index (χ4n) is 3.56. The molecule has 3 rings (SSSR count). The van der Waals surface area contributed by atoms with Gasteiger partial charge in [0, 0.05) is 11.3 Å². The van der Waals surface area contributed by atoms with Crippen LogP contribution in [0.15, 0.2) is 4.79 Å². The fraction of sp³-hybridized carbons (Fsp3) is 0.800. The van der Waals surface area contributed by atoms with Gasteiger partial charge in [-0.25, -0.2) is 4.68 Å². The number of aromatic nitrogens is 2. The SMILES string of the molecule is O=c1c2c([nH]n1C1CCCCCC1)CCCCC2. The van der Waals surface area contributed by atoms with E-state index in [1.54, 1.807) is 0 Å². The summed E-state index contributed by atoms with van der Waals surface area (Å²) in [5, 5.41) is 3.44. The number of H-pyrrole nitrogens is 1. The molecule has 18 heavy (non-hydrogen) atoms. The van der Waals surface area contributed by atoms with Gasteiger partial charge in [0.15, 0.2) is 0 Å². The molecular formula is C15H24N2O. The molecule has 0 saturated heterocycles. The van der Waals surface area contributed by atoms with Crippen LogP contribution in [-0.2, 0) is 12.8 Å². The van der Waals surface area contributed by atoms with Crippen LogP contribution in [0.3, 0.4) is 0 Å². The first-order valence-electron chi connectivity index (χ1n) is 7.68. The molecule has 0 aliphatic heterocycles. The predicted octanol–water partition coefficient (Wildman–Crippen LogP) is 3.34. The van der Waals surface area contributed by atoms with Crippen molar-refractivity contribution in [1.82, 2.24) is 9.78 Å². The average molecular weight is 248 g/mol. The maximum Gasteiger partial charge on any atom is 0.270 e. The van der Waals surface area contributed by atoms with Gasteiger partial charge in [0.25, 0.3) is 5.56 Å². The Morgan fingerprint density at radius 3 is 2.33 bits per heavy atom. The third kappa shape index (κ3) is 2.27. The van der Waals surface area contributed by atoms with Crippen molar-refractivity contribution in [3.05, 3.63) is 21.6 Å². The summed E-state index contributed by atoms with van der Waals surface area (Å²) in [6, 6.07) is 0.437. The zero-order chi connectivity index (χ0) is 12.4. The van der Waals surface area contributed by atoms with Gasteiger partial charge in [-0.3, -0.25) is 9.89 Å². The van der Waals surface area contributed by atoms with Crippen molar-refractivity contribution in [2.75, 3.05) is 0 Å². The van der Waals surface area contributed by atoms with E-state index in [4.69, 9.17) is 0 Å². The Hall–Kier alpha value is -0.990. The molecule has 2 aliphatic carbocycles. The minimum atomic E-state index is 0.291. The van der Waals surface area contributed by atoms with E-state index >= 15 is 0 Å². The van der Waals surface area contributed by atoms with Crippen LogP contribution < -0.4 is 5.56 Å².